The van der Waals surface area contributed by atoms with Gasteiger partial charge in [0, 0.05) is 31.7 Å². The van der Waals surface area contributed by atoms with E-state index in [2.05, 4.69) is 15.3 Å². The predicted octanol–water partition coefficient (Wildman–Crippen LogP) is 3.17. The lowest BCUT2D eigenvalue weighted by Crippen LogP contribution is -2.49. The first kappa shape index (κ1) is 20.0. The Hall–Kier alpha value is -3.95. The first-order valence-electron chi connectivity index (χ1n) is 9.98. The lowest BCUT2D eigenvalue weighted by molar-refractivity contribution is 0.0736. The zero-order chi connectivity index (χ0) is 22.2. The fraction of sp³-hybridized carbons (Fsp3) is 0.182. The third kappa shape index (κ3) is 3.53. The van der Waals surface area contributed by atoms with Crippen LogP contribution in [0.2, 0.25) is 0 Å². The van der Waals surface area contributed by atoms with Crippen LogP contribution in [0.15, 0.2) is 54.6 Å². The maximum Gasteiger partial charge on any atom is 0.259 e. The number of amides is 1. The second kappa shape index (κ2) is 7.95. The molecule has 1 saturated heterocycles. The van der Waals surface area contributed by atoms with Crippen molar-refractivity contribution in [1.29, 1.82) is 0 Å². The molecule has 1 amide bonds. The predicted molar refractivity (Wildman–Crippen MR) is 111 cm³/mol. The van der Waals surface area contributed by atoms with Crippen molar-refractivity contribution >= 4 is 17.4 Å². The molecule has 0 N–H and O–H groups in total. The molecule has 2 aromatic carbocycles. The van der Waals surface area contributed by atoms with Gasteiger partial charge in [-0.1, -0.05) is 6.07 Å². The fourth-order valence-corrected chi connectivity index (χ4v) is 3.73. The molecule has 0 aliphatic carbocycles. The molecule has 5 rings (SSSR count). The minimum absolute atomic E-state index is 0.291. The van der Waals surface area contributed by atoms with Crippen LogP contribution in [0.1, 0.15) is 10.4 Å². The summed E-state index contributed by atoms with van der Waals surface area (Å²) < 4.78 is 42.8. The summed E-state index contributed by atoms with van der Waals surface area (Å²) in [7, 11) is 0. The second-order valence-corrected chi connectivity index (χ2v) is 7.37. The van der Waals surface area contributed by atoms with Gasteiger partial charge < -0.3 is 9.80 Å². The SMILES string of the molecule is O=C(c1c(F)cccc1F)N1CCN(c2ccc3nnc(-c4ccc(F)cc4)n3n2)CC1. The Morgan fingerprint density at radius 3 is 2.19 bits per heavy atom. The highest BCUT2D eigenvalue weighted by Crippen LogP contribution is 2.22. The molecule has 7 nitrogen and oxygen atoms in total. The van der Waals surface area contributed by atoms with Gasteiger partial charge >= 0.3 is 0 Å². The summed E-state index contributed by atoms with van der Waals surface area (Å²) in [6, 6.07) is 12.8. The minimum Gasteiger partial charge on any atom is -0.352 e. The van der Waals surface area contributed by atoms with E-state index in [1.165, 1.54) is 23.1 Å². The summed E-state index contributed by atoms with van der Waals surface area (Å²) >= 11 is 0. The first-order chi connectivity index (χ1) is 15.5. The molecule has 0 radical (unpaired) electrons. The van der Waals surface area contributed by atoms with Crippen LogP contribution in [0.3, 0.4) is 0 Å². The smallest absolute Gasteiger partial charge is 0.259 e. The number of carbonyl (C=O) groups excluding carboxylic acids is 1. The third-order valence-corrected chi connectivity index (χ3v) is 5.42. The Kier molecular flexibility index (Phi) is 4.96. The van der Waals surface area contributed by atoms with Crippen molar-refractivity contribution in [2.45, 2.75) is 0 Å². The van der Waals surface area contributed by atoms with E-state index in [4.69, 9.17) is 0 Å². The van der Waals surface area contributed by atoms with E-state index in [0.29, 0.717) is 49.0 Å². The van der Waals surface area contributed by atoms with Crippen LogP contribution >= 0.6 is 0 Å². The molecule has 3 heterocycles. The number of carbonyl (C=O) groups is 1. The van der Waals surface area contributed by atoms with Crippen LogP contribution in [0.4, 0.5) is 19.0 Å². The van der Waals surface area contributed by atoms with Crippen LogP contribution in [-0.2, 0) is 0 Å². The maximum absolute atomic E-state index is 14.0. The molecule has 1 aliphatic rings. The van der Waals surface area contributed by atoms with E-state index in [1.807, 2.05) is 4.90 Å². The number of anilines is 1. The van der Waals surface area contributed by atoms with Gasteiger partial charge in [0.25, 0.3) is 5.91 Å². The van der Waals surface area contributed by atoms with E-state index in [1.54, 1.807) is 28.8 Å². The van der Waals surface area contributed by atoms with Gasteiger partial charge in [-0.3, -0.25) is 4.79 Å². The van der Waals surface area contributed by atoms with Gasteiger partial charge in [-0.2, -0.15) is 4.52 Å². The zero-order valence-electron chi connectivity index (χ0n) is 16.8. The Morgan fingerprint density at radius 1 is 0.812 bits per heavy atom. The fourth-order valence-electron chi connectivity index (χ4n) is 3.73. The molecule has 162 valence electrons. The molecule has 0 unspecified atom stereocenters. The van der Waals surface area contributed by atoms with Crippen molar-refractivity contribution < 1.29 is 18.0 Å². The summed E-state index contributed by atoms with van der Waals surface area (Å²) in [4.78, 5) is 16.0. The van der Waals surface area contributed by atoms with Crippen LogP contribution in [-0.4, -0.2) is 56.8 Å². The first-order valence-corrected chi connectivity index (χ1v) is 9.98. The van der Waals surface area contributed by atoms with E-state index in [0.717, 1.165) is 12.1 Å². The zero-order valence-corrected chi connectivity index (χ0v) is 16.8. The molecule has 4 aromatic rings. The molecule has 2 aromatic heterocycles. The quantitative estimate of drug-likeness (QED) is 0.492. The number of nitrogens with zero attached hydrogens (tertiary/aromatic N) is 6. The second-order valence-electron chi connectivity index (χ2n) is 7.37. The Morgan fingerprint density at radius 2 is 1.50 bits per heavy atom. The average molecular weight is 438 g/mol. The number of hydrogen-bond acceptors (Lipinski definition) is 5. The van der Waals surface area contributed by atoms with Gasteiger partial charge in [-0.05, 0) is 48.5 Å². The molecule has 1 fully saturated rings. The number of rotatable bonds is 3. The van der Waals surface area contributed by atoms with Crippen molar-refractivity contribution in [1.82, 2.24) is 24.7 Å². The number of fused-ring (bicyclic) bond motifs is 1. The van der Waals surface area contributed by atoms with Crippen molar-refractivity contribution in [2.24, 2.45) is 0 Å². The molecule has 0 saturated carbocycles. The molecule has 32 heavy (non-hydrogen) atoms. The highest BCUT2D eigenvalue weighted by Gasteiger charge is 2.27. The third-order valence-electron chi connectivity index (χ3n) is 5.42. The molecular formula is C22H17F3N6O. The molecule has 0 spiro atoms. The Bertz CT molecular complexity index is 1280. The van der Waals surface area contributed by atoms with E-state index in [9.17, 15) is 18.0 Å². The van der Waals surface area contributed by atoms with E-state index in [-0.39, 0.29) is 5.82 Å². The largest absolute Gasteiger partial charge is 0.352 e. The van der Waals surface area contributed by atoms with Gasteiger partial charge in [0.05, 0.1) is 0 Å². The summed E-state index contributed by atoms with van der Waals surface area (Å²) in [6.45, 7) is 1.46. The summed E-state index contributed by atoms with van der Waals surface area (Å²) in [5.74, 6) is -1.63. The Labute approximate surface area is 180 Å². The van der Waals surface area contributed by atoms with Gasteiger partial charge in [0.2, 0.25) is 0 Å². The minimum atomic E-state index is -0.870. The summed E-state index contributed by atoms with van der Waals surface area (Å²) in [5, 5.41) is 12.9. The number of piperazine rings is 1. The molecule has 1 aliphatic heterocycles. The van der Waals surface area contributed by atoms with Crippen LogP contribution in [0.25, 0.3) is 17.0 Å². The molecule has 0 atom stereocenters. The highest BCUT2D eigenvalue weighted by atomic mass is 19.1. The van der Waals surface area contributed by atoms with Crippen LogP contribution in [0.5, 0.6) is 0 Å². The van der Waals surface area contributed by atoms with Gasteiger partial charge in [-0.25, -0.2) is 13.2 Å². The monoisotopic (exact) mass is 438 g/mol. The topological polar surface area (TPSA) is 66.6 Å². The molecular weight excluding hydrogens is 421 g/mol. The van der Waals surface area contributed by atoms with Crippen LogP contribution in [0, 0.1) is 17.5 Å². The number of benzene rings is 2. The molecule has 0 bridgehead atoms. The standard InChI is InChI=1S/C22H17F3N6O/c23-15-6-4-14(5-7-15)21-27-26-18-8-9-19(28-31(18)21)29-10-12-30(13-11-29)22(32)20-16(24)2-1-3-17(20)25/h1-9H,10-13H2. The van der Waals surface area contributed by atoms with Crippen molar-refractivity contribution in [3.05, 3.63) is 77.6 Å². The summed E-state index contributed by atoms with van der Waals surface area (Å²) in [5.41, 5.74) is 0.678. The summed E-state index contributed by atoms with van der Waals surface area (Å²) in [6.07, 6.45) is 0. The average Bonchev–Trinajstić information content (AvgIpc) is 3.23. The van der Waals surface area contributed by atoms with Gasteiger partial charge in [0.15, 0.2) is 11.5 Å². The number of hydrogen-bond donors (Lipinski definition) is 0. The maximum atomic E-state index is 14.0. The van der Waals surface area contributed by atoms with Crippen molar-refractivity contribution in [2.75, 3.05) is 31.1 Å². The highest BCUT2D eigenvalue weighted by molar-refractivity contribution is 5.95. The van der Waals surface area contributed by atoms with Gasteiger partial charge in [0.1, 0.15) is 28.8 Å². The van der Waals surface area contributed by atoms with Crippen LogP contribution < -0.4 is 4.90 Å². The normalized spacial score (nSPS) is 14.2. The molecule has 10 heteroatoms. The number of halogens is 3. The number of aromatic nitrogens is 4. The van der Waals surface area contributed by atoms with E-state index < -0.39 is 23.1 Å². The van der Waals surface area contributed by atoms with E-state index >= 15 is 0 Å². The van der Waals surface area contributed by atoms with Gasteiger partial charge in [-0.15, -0.1) is 15.3 Å². The lowest BCUT2D eigenvalue weighted by Gasteiger charge is -2.35. The lowest BCUT2D eigenvalue weighted by atomic mass is 10.1. The van der Waals surface area contributed by atoms with Crippen molar-refractivity contribution in [3.63, 3.8) is 0 Å². The van der Waals surface area contributed by atoms with Crippen molar-refractivity contribution in [3.8, 4) is 11.4 Å². The Balaban J connectivity index is 1.35.